The quantitative estimate of drug-likeness (QED) is 0.355. The lowest BCUT2D eigenvalue weighted by Crippen LogP contribution is -2.32. The molecule has 0 unspecified atom stereocenters. The maximum Gasteiger partial charge on any atom is 0.279 e. The van der Waals surface area contributed by atoms with Gasteiger partial charge in [0.2, 0.25) is 10.0 Å². The molecule has 3 aromatic rings. The normalized spacial score (nSPS) is 14.3. The van der Waals surface area contributed by atoms with E-state index in [0.717, 1.165) is 16.8 Å². The van der Waals surface area contributed by atoms with Gasteiger partial charge in [-0.1, -0.05) is 48.0 Å². The Balaban J connectivity index is 1.59. The van der Waals surface area contributed by atoms with E-state index < -0.39 is 10.0 Å². The summed E-state index contributed by atoms with van der Waals surface area (Å²) in [4.78, 5) is 14.9. The number of amides is 1. The number of hydrogen-bond donors (Lipinski definition) is 3. The van der Waals surface area contributed by atoms with E-state index in [2.05, 4.69) is 15.8 Å². The van der Waals surface area contributed by atoms with Crippen molar-refractivity contribution in [2.75, 3.05) is 10.2 Å². The van der Waals surface area contributed by atoms with E-state index in [1.807, 2.05) is 37.3 Å². The lowest BCUT2D eigenvalue weighted by molar-refractivity contribution is -0.112. The molecule has 0 bridgehead atoms. The van der Waals surface area contributed by atoms with Gasteiger partial charge in [0.25, 0.3) is 5.91 Å². The second-order valence-electron chi connectivity index (χ2n) is 7.59. The van der Waals surface area contributed by atoms with Gasteiger partial charge in [0.05, 0.1) is 17.1 Å². The van der Waals surface area contributed by atoms with Crippen molar-refractivity contribution in [3.8, 4) is 0 Å². The Hall–Kier alpha value is -3.31. The number of nitrogens with two attached hydrogens (primary N) is 1. The number of halogens is 1. The van der Waals surface area contributed by atoms with Crippen LogP contribution in [0.2, 0.25) is 5.02 Å². The van der Waals surface area contributed by atoms with Gasteiger partial charge in [-0.15, -0.1) is 0 Å². The Morgan fingerprint density at radius 3 is 2.56 bits per heavy atom. The van der Waals surface area contributed by atoms with Crippen molar-refractivity contribution in [2.24, 2.45) is 10.2 Å². The third-order valence-corrected chi connectivity index (χ3v) is 6.43. The molecule has 1 heterocycles. The first-order chi connectivity index (χ1) is 16.1. The summed E-state index contributed by atoms with van der Waals surface area (Å²) in [6, 6.07) is 19.0. The number of carbonyl (C=O) groups is 1. The molecule has 174 valence electrons. The summed E-state index contributed by atoms with van der Waals surface area (Å²) in [7, 11) is -3.86. The van der Waals surface area contributed by atoms with Crippen molar-refractivity contribution < 1.29 is 13.2 Å². The topological polar surface area (TPSA) is 117 Å². The number of hydrogen-bond acceptors (Lipinski definition) is 5. The summed E-state index contributed by atoms with van der Waals surface area (Å²) in [6.45, 7) is 2.26. The highest BCUT2D eigenvalue weighted by molar-refractivity contribution is 7.89. The van der Waals surface area contributed by atoms with Gasteiger partial charge in [-0.3, -0.25) is 10.2 Å². The van der Waals surface area contributed by atoms with Crippen LogP contribution < -0.4 is 20.8 Å². The molecule has 1 aliphatic heterocycles. The molecule has 34 heavy (non-hydrogen) atoms. The van der Waals surface area contributed by atoms with Crippen LogP contribution in [0.3, 0.4) is 0 Å². The Labute approximate surface area is 207 Å². The van der Waals surface area contributed by atoms with Crippen molar-refractivity contribution in [3.63, 3.8) is 0 Å². The number of thiocarbonyl (C=S) groups is 1. The molecular formula is C23H20ClN5O3S2. The Morgan fingerprint density at radius 1 is 1.12 bits per heavy atom. The van der Waals surface area contributed by atoms with Crippen molar-refractivity contribution >= 4 is 61.9 Å². The highest BCUT2D eigenvalue weighted by atomic mass is 35.5. The molecule has 0 atom stereocenters. The summed E-state index contributed by atoms with van der Waals surface area (Å²) < 4.78 is 23.1. The standard InChI is InChI=1S/C23H20ClN5O3S2/c1-14-10-16(24)11-19-20(22(30)29(21(14)19)13-15-6-3-2-4-7-15)27-28-23(33)26-17-8-5-9-18(12-17)34(25,31)32/h2-12H,13H2,1H3,(H2,25,31,32)(H2,26,28,33). The van der Waals surface area contributed by atoms with Crippen molar-refractivity contribution in [3.05, 3.63) is 88.4 Å². The van der Waals surface area contributed by atoms with Crippen LogP contribution >= 0.6 is 23.8 Å². The molecule has 1 amide bonds. The number of benzene rings is 3. The zero-order valence-electron chi connectivity index (χ0n) is 17.9. The van der Waals surface area contributed by atoms with Gasteiger partial charge >= 0.3 is 0 Å². The predicted octanol–water partition coefficient (Wildman–Crippen LogP) is 3.53. The van der Waals surface area contributed by atoms with Gasteiger partial charge in [0, 0.05) is 16.3 Å². The second kappa shape index (κ2) is 9.51. The molecule has 4 N–H and O–H groups in total. The summed E-state index contributed by atoms with van der Waals surface area (Å²) in [6.07, 6.45) is 0. The molecule has 8 nitrogen and oxygen atoms in total. The van der Waals surface area contributed by atoms with E-state index in [4.69, 9.17) is 29.0 Å². The van der Waals surface area contributed by atoms with Gasteiger partial charge in [0.15, 0.2) is 10.8 Å². The molecule has 11 heteroatoms. The number of fused-ring (bicyclic) bond motifs is 1. The number of sulfonamides is 1. The first-order valence-corrected chi connectivity index (χ1v) is 12.4. The largest absolute Gasteiger partial charge is 0.331 e. The Kier molecular flexibility index (Phi) is 6.67. The molecule has 0 fully saturated rings. The lowest BCUT2D eigenvalue weighted by Gasteiger charge is -2.19. The molecule has 1 aliphatic rings. The Bertz CT molecular complexity index is 1430. The monoisotopic (exact) mass is 513 g/mol. The fourth-order valence-electron chi connectivity index (χ4n) is 3.66. The van der Waals surface area contributed by atoms with Gasteiger partial charge in [-0.05, 0) is 60.6 Å². The first kappa shape index (κ1) is 23.8. The number of primary sulfonamides is 1. The fourth-order valence-corrected chi connectivity index (χ4v) is 4.66. The minimum absolute atomic E-state index is 0.0619. The first-order valence-electron chi connectivity index (χ1n) is 10.1. The number of anilines is 2. The number of nitrogens with zero attached hydrogens (tertiary/aromatic N) is 2. The minimum Gasteiger partial charge on any atom is -0.331 e. The van der Waals surface area contributed by atoms with Crippen LogP contribution in [-0.4, -0.2) is 25.1 Å². The number of hydrazone groups is 1. The molecule has 3 aromatic carbocycles. The lowest BCUT2D eigenvalue weighted by atomic mass is 10.1. The molecule has 0 radical (unpaired) electrons. The van der Waals surface area contributed by atoms with Gasteiger partial charge in [-0.25, -0.2) is 13.6 Å². The molecular weight excluding hydrogens is 494 g/mol. The molecule has 0 saturated heterocycles. The summed E-state index contributed by atoms with van der Waals surface area (Å²) >= 11 is 11.5. The molecule has 0 spiro atoms. The zero-order chi connectivity index (χ0) is 24.5. The van der Waals surface area contributed by atoms with E-state index >= 15 is 0 Å². The second-order valence-corrected chi connectivity index (χ2v) is 10.0. The van der Waals surface area contributed by atoms with Gasteiger partial charge in [-0.2, -0.15) is 5.10 Å². The number of nitrogens with one attached hydrogen (secondary N) is 2. The van der Waals surface area contributed by atoms with Crippen molar-refractivity contribution in [1.29, 1.82) is 0 Å². The highest BCUT2D eigenvalue weighted by Gasteiger charge is 2.36. The van der Waals surface area contributed by atoms with Crippen molar-refractivity contribution in [1.82, 2.24) is 5.43 Å². The van der Waals surface area contributed by atoms with Crippen LogP contribution in [0, 0.1) is 6.92 Å². The van der Waals surface area contributed by atoms with E-state index in [9.17, 15) is 13.2 Å². The number of aryl methyl sites for hydroxylation is 1. The van der Waals surface area contributed by atoms with Crippen LogP contribution in [-0.2, 0) is 21.4 Å². The van der Waals surface area contributed by atoms with Crippen LogP contribution in [0.4, 0.5) is 11.4 Å². The predicted molar refractivity (Wildman–Crippen MR) is 138 cm³/mol. The molecule has 0 saturated carbocycles. The van der Waals surface area contributed by atoms with E-state index in [1.54, 1.807) is 23.1 Å². The summed E-state index contributed by atoms with van der Waals surface area (Å²) in [5.74, 6) is -0.296. The third kappa shape index (κ3) is 5.10. The highest BCUT2D eigenvalue weighted by Crippen LogP contribution is 2.36. The minimum atomic E-state index is -3.86. The fraction of sp³-hybridized carbons (Fsp3) is 0.0870. The van der Waals surface area contributed by atoms with Gasteiger partial charge in [0.1, 0.15) is 0 Å². The average molecular weight is 514 g/mol. The molecule has 4 rings (SSSR count). The van der Waals surface area contributed by atoms with Gasteiger partial charge < -0.3 is 10.2 Å². The van der Waals surface area contributed by atoms with Crippen LogP contribution in [0.25, 0.3) is 0 Å². The maximum absolute atomic E-state index is 13.3. The van der Waals surface area contributed by atoms with E-state index in [1.165, 1.54) is 18.2 Å². The molecule has 0 aromatic heterocycles. The maximum atomic E-state index is 13.3. The number of carbonyl (C=O) groups excluding carboxylic acids is 1. The zero-order valence-corrected chi connectivity index (χ0v) is 20.3. The van der Waals surface area contributed by atoms with Crippen LogP contribution in [0.15, 0.2) is 76.7 Å². The van der Waals surface area contributed by atoms with E-state index in [0.29, 0.717) is 22.8 Å². The average Bonchev–Trinajstić information content (AvgIpc) is 3.03. The van der Waals surface area contributed by atoms with Crippen LogP contribution in [0.5, 0.6) is 0 Å². The summed E-state index contributed by atoms with van der Waals surface area (Å²) in [5.41, 5.74) is 6.37. The summed E-state index contributed by atoms with van der Waals surface area (Å²) in [5, 5.41) is 12.8. The number of rotatable bonds is 5. The SMILES string of the molecule is Cc1cc(Cl)cc2c1N(Cc1ccccc1)C(=O)C2=NNC(=S)Nc1cccc(S(N)(=O)=O)c1. The Morgan fingerprint density at radius 2 is 1.85 bits per heavy atom. The van der Waals surface area contributed by atoms with Crippen LogP contribution in [0.1, 0.15) is 16.7 Å². The smallest absolute Gasteiger partial charge is 0.279 e. The van der Waals surface area contributed by atoms with E-state index in [-0.39, 0.29) is 21.6 Å². The van der Waals surface area contributed by atoms with Crippen molar-refractivity contribution in [2.45, 2.75) is 18.4 Å². The third-order valence-electron chi connectivity index (χ3n) is 5.11. The molecule has 0 aliphatic carbocycles.